The molecule has 28 heteroatoms. The monoisotopic (exact) mass is 552 g/mol. The SMILES string of the molecule is O=P(O)(O)O.O=P(O)(O)O.O=P(O)(O)O.O=P(O)(O)OP(=O)(O)OP(=O)(O)O. The highest BCUT2D eigenvalue weighted by Crippen LogP contribution is 2.64. The summed E-state index contributed by atoms with van der Waals surface area (Å²) in [4.78, 5) is 105. The fraction of sp³-hybridized carbons (Fsp3) is 0. The van der Waals surface area contributed by atoms with E-state index in [0.29, 0.717) is 0 Å². The molecule has 0 aromatic carbocycles. The van der Waals surface area contributed by atoms with E-state index in [1.165, 1.54) is 0 Å². The van der Waals surface area contributed by atoms with E-state index < -0.39 is 46.9 Å². The molecule has 0 bridgehead atoms. The molecule has 0 aliphatic heterocycles. The van der Waals surface area contributed by atoms with Crippen molar-refractivity contribution in [1.82, 2.24) is 0 Å². The summed E-state index contributed by atoms with van der Waals surface area (Å²) < 4.78 is 63.0. The van der Waals surface area contributed by atoms with Gasteiger partial charge in [-0.2, -0.15) is 8.62 Å². The molecular weight excluding hydrogens is 538 g/mol. The Hall–Kier alpha value is 0.740. The number of hydrogen-bond donors (Lipinski definition) is 14. The average Bonchev–Trinajstić information content (AvgIpc) is 1.95. The first kappa shape index (κ1) is 36.1. The van der Waals surface area contributed by atoms with Crippen molar-refractivity contribution >= 4 is 46.9 Å². The van der Waals surface area contributed by atoms with Crippen LogP contribution < -0.4 is 0 Å². The molecule has 0 spiro atoms. The van der Waals surface area contributed by atoms with Crippen LogP contribution in [-0.2, 0) is 36.0 Å². The maximum absolute atomic E-state index is 10.4. The summed E-state index contributed by atoms with van der Waals surface area (Å²) >= 11 is 0. The lowest BCUT2D eigenvalue weighted by atomic mass is 15.7. The maximum atomic E-state index is 10.4. The van der Waals surface area contributed by atoms with Crippen LogP contribution in [0.3, 0.4) is 0 Å². The standard InChI is InChI=1S/H5O10P3.3H3O4P/c1-11(2,3)9-13(7,8)10-12(4,5)6;3*1-5(2,3)4/h(H,7,8)(H2,1,2,3)(H2,4,5,6);3*(H3,1,2,3,4). The van der Waals surface area contributed by atoms with Crippen molar-refractivity contribution in [3.8, 4) is 0 Å². The van der Waals surface area contributed by atoms with Crippen LogP contribution in [0.4, 0.5) is 0 Å². The predicted molar refractivity (Wildman–Crippen MR) is 78.9 cm³/mol. The second kappa shape index (κ2) is 13.2. The molecule has 0 radical (unpaired) electrons. The van der Waals surface area contributed by atoms with Crippen LogP contribution in [0.15, 0.2) is 0 Å². The van der Waals surface area contributed by atoms with Crippen molar-refractivity contribution < 1.29 is 105 Å². The normalized spacial score (nSPS) is 13.1. The van der Waals surface area contributed by atoms with Gasteiger partial charge in [-0.3, -0.25) is 0 Å². The summed E-state index contributed by atoms with van der Waals surface area (Å²) in [5.41, 5.74) is 0. The van der Waals surface area contributed by atoms with Crippen LogP contribution in [0.2, 0.25) is 0 Å². The second-order valence-electron chi connectivity index (χ2n) is 3.15. The van der Waals surface area contributed by atoms with Gasteiger partial charge < -0.3 is 68.5 Å². The minimum absolute atomic E-state index is 3.06. The summed E-state index contributed by atoms with van der Waals surface area (Å²) in [5.74, 6) is 0. The third-order valence-electron chi connectivity index (χ3n) is 0.419. The van der Waals surface area contributed by atoms with E-state index in [1.54, 1.807) is 0 Å². The third kappa shape index (κ3) is 109. The van der Waals surface area contributed by atoms with E-state index in [2.05, 4.69) is 8.62 Å². The molecule has 0 heterocycles. The molecule has 22 nitrogen and oxygen atoms in total. The van der Waals surface area contributed by atoms with Gasteiger partial charge in [0.25, 0.3) is 0 Å². The van der Waals surface area contributed by atoms with Crippen LogP contribution in [0, 0.1) is 0 Å². The number of phosphoric acid groups is 6. The van der Waals surface area contributed by atoms with Crippen LogP contribution >= 0.6 is 46.9 Å². The molecule has 0 aliphatic carbocycles. The Labute approximate surface area is 152 Å². The molecular formula is H14O22P6. The first-order valence-corrected chi connectivity index (χ1v) is 13.9. The Balaban J connectivity index is -0.000000159. The lowest BCUT2D eigenvalue weighted by Crippen LogP contribution is -1.91. The molecule has 0 atom stereocenters. The van der Waals surface area contributed by atoms with E-state index >= 15 is 0 Å². The summed E-state index contributed by atoms with van der Waals surface area (Å²) in [6.07, 6.45) is 0. The van der Waals surface area contributed by atoms with Gasteiger partial charge in [-0.25, -0.2) is 27.4 Å². The minimum Gasteiger partial charge on any atom is -0.303 e. The van der Waals surface area contributed by atoms with Crippen molar-refractivity contribution in [2.75, 3.05) is 0 Å². The largest absolute Gasteiger partial charge is 0.490 e. The van der Waals surface area contributed by atoms with Crippen molar-refractivity contribution in [2.24, 2.45) is 0 Å². The van der Waals surface area contributed by atoms with Crippen LogP contribution in [-0.4, -0.2) is 68.5 Å². The quantitative estimate of drug-likeness (QED) is 0.151. The number of rotatable bonds is 4. The molecule has 0 saturated carbocycles. The average molecular weight is 552 g/mol. The molecule has 28 heavy (non-hydrogen) atoms. The van der Waals surface area contributed by atoms with Crippen molar-refractivity contribution in [1.29, 1.82) is 0 Å². The summed E-state index contributed by atoms with van der Waals surface area (Å²) in [6.45, 7) is 0. The Kier molecular flexibility index (Phi) is 17.1. The fourth-order valence-electron chi connectivity index (χ4n) is 0.284. The Bertz CT molecular complexity index is 593. The van der Waals surface area contributed by atoms with Gasteiger partial charge in [-0.05, 0) is 0 Å². The molecule has 0 amide bonds. The summed E-state index contributed by atoms with van der Waals surface area (Å²) in [6, 6.07) is 0. The van der Waals surface area contributed by atoms with Gasteiger partial charge in [0.15, 0.2) is 0 Å². The Morgan fingerprint density at radius 3 is 0.536 bits per heavy atom. The highest BCUT2D eigenvalue weighted by molar-refractivity contribution is 7.66. The smallest absolute Gasteiger partial charge is 0.303 e. The molecule has 0 aromatic heterocycles. The molecule has 0 aliphatic rings. The lowest BCUT2D eigenvalue weighted by molar-refractivity contribution is 0.203. The fourth-order valence-corrected chi connectivity index (χ4v) is 2.82. The molecule has 14 N–H and O–H groups in total. The van der Waals surface area contributed by atoms with Gasteiger partial charge in [0, 0.05) is 0 Å². The van der Waals surface area contributed by atoms with Gasteiger partial charge >= 0.3 is 46.9 Å². The second-order valence-corrected chi connectivity index (χ2v) is 10.4. The summed E-state index contributed by atoms with van der Waals surface area (Å²) in [5, 5.41) is 0. The first-order valence-electron chi connectivity index (χ1n) is 4.63. The molecule has 0 unspecified atom stereocenters. The Morgan fingerprint density at radius 2 is 0.464 bits per heavy atom. The van der Waals surface area contributed by atoms with Crippen molar-refractivity contribution in [3.63, 3.8) is 0 Å². The van der Waals surface area contributed by atoms with Crippen LogP contribution in [0.5, 0.6) is 0 Å². The van der Waals surface area contributed by atoms with Gasteiger partial charge in [0.05, 0.1) is 0 Å². The van der Waals surface area contributed by atoms with Gasteiger partial charge in [-0.15, -0.1) is 0 Å². The van der Waals surface area contributed by atoms with Gasteiger partial charge in [0.2, 0.25) is 0 Å². The highest BCUT2D eigenvalue weighted by Gasteiger charge is 2.38. The van der Waals surface area contributed by atoms with Crippen LogP contribution in [0.25, 0.3) is 0 Å². The van der Waals surface area contributed by atoms with Crippen molar-refractivity contribution in [2.45, 2.75) is 0 Å². The molecule has 0 fully saturated rings. The summed E-state index contributed by atoms with van der Waals surface area (Å²) in [7, 11) is -30.1. The van der Waals surface area contributed by atoms with E-state index in [0.717, 1.165) is 0 Å². The van der Waals surface area contributed by atoms with E-state index in [4.69, 9.17) is 82.2 Å². The lowest BCUT2D eigenvalue weighted by Gasteiger charge is -2.11. The van der Waals surface area contributed by atoms with Gasteiger partial charge in [-0.1, -0.05) is 0 Å². The Morgan fingerprint density at radius 1 is 0.357 bits per heavy atom. The van der Waals surface area contributed by atoms with E-state index in [9.17, 15) is 13.7 Å². The maximum Gasteiger partial charge on any atom is 0.490 e. The van der Waals surface area contributed by atoms with Crippen LogP contribution in [0.1, 0.15) is 0 Å². The third-order valence-corrected chi connectivity index (χ3v) is 3.77. The zero-order valence-electron chi connectivity index (χ0n) is 12.2. The van der Waals surface area contributed by atoms with E-state index in [1.807, 2.05) is 0 Å². The predicted octanol–water partition coefficient (Wildman–Crippen LogP) is -3.48. The zero-order valence-corrected chi connectivity index (χ0v) is 17.6. The molecule has 0 rings (SSSR count). The zero-order chi connectivity index (χ0) is 24.4. The minimum atomic E-state index is -5.46. The molecule has 0 saturated heterocycles. The van der Waals surface area contributed by atoms with Crippen molar-refractivity contribution in [3.05, 3.63) is 0 Å². The molecule has 176 valence electrons. The number of hydrogen-bond acceptors (Lipinski definition) is 8. The highest BCUT2D eigenvalue weighted by atomic mass is 31.3. The topological polar surface area (TPSA) is 404 Å². The van der Waals surface area contributed by atoms with E-state index in [-0.39, 0.29) is 0 Å². The first-order chi connectivity index (χ1) is 11.4. The van der Waals surface area contributed by atoms with Gasteiger partial charge in [0.1, 0.15) is 0 Å². The molecule has 0 aromatic rings.